The second-order valence-electron chi connectivity index (χ2n) is 6.19. The van der Waals surface area contributed by atoms with E-state index >= 15 is 0 Å². The molecule has 7 nitrogen and oxygen atoms in total. The molecule has 0 spiro atoms. The maximum Gasteiger partial charge on any atom is 0.390 e. The number of carbonyl (C=O) groups excluding carboxylic acids is 1. The number of fused-ring (bicyclic) bond motifs is 1. The van der Waals surface area contributed by atoms with Crippen molar-refractivity contribution in [1.29, 1.82) is 0 Å². The first-order valence-electron chi connectivity index (χ1n) is 8.80. The molecule has 2 heterocycles. The summed E-state index contributed by atoms with van der Waals surface area (Å²) in [4.78, 5) is 39.7. The van der Waals surface area contributed by atoms with Gasteiger partial charge in [0.05, 0.1) is 23.3 Å². The maximum absolute atomic E-state index is 12.8. The number of rotatable bonds is 7. The summed E-state index contributed by atoms with van der Waals surface area (Å²) in [6, 6.07) is 0. The summed E-state index contributed by atoms with van der Waals surface area (Å²) >= 11 is 0.836. The van der Waals surface area contributed by atoms with Crippen LogP contribution in [0.5, 0.6) is 0 Å². The monoisotopic (exact) mass is 421 g/mol. The second kappa shape index (κ2) is 8.48. The van der Waals surface area contributed by atoms with Crippen molar-refractivity contribution in [2.45, 2.75) is 46.5 Å². The standard InChI is InChI=1S/C17H22F3N3O4S/c1-4-21(8-9-24)14(26)12-10(3)11-13(25)22(5-2)16(27)23(15(11)28-12)7-6-17(18,19)20/h24H,4-9H2,1-3H3. The minimum Gasteiger partial charge on any atom is -0.395 e. The van der Waals surface area contributed by atoms with Gasteiger partial charge in [-0.2, -0.15) is 13.2 Å². The molecule has 0 aliphatic rings. The molecule has 1 amide bonds. The summed E-state index contributed by atoms with van der Waals surface area (Å²) in [6.07, 6.45) is -5.69. The van der Waals surface area contributed by atoms with Crippen LogP contribution in [0.4, 0.5) is 13.2 Å². The van der Waals surface area contributed by atoms with Crippen LogP contribution in [0.15, 0.2) is 9.59 Å². The molecule has 11 heteroatoms. The predicted molar refractivity (Wildman–Crippen MR) is 100 cm³/mol. The Balaban J connectivity index is 2.74. The van der Waals surface area contributed by atoms with Crippen molar-refractivity contribution in [2.75, 3.05) is 19.7 Å². The number of aryl methyl sites for hydroxylation is 2. The molecule has 2 aromatic heterocycles. The largest absolute Gasteiger partial charge is 0.395 e. The summed E-state index contributed by atoms with van der Waals surface area (Å²) in [7, 11) is 0. The molecular formula is C17H22F3N3O4S. The number of carbonyl (C=O) groups is 1. The van der Waals surface area contributed by atoms with Crippen LogP contribution in [0.1, 0.15) is 35.5 Å². The van der Waals surface area contributed by atoms with E-state index in [0.717, 1.165) is 20.5 Å². The molecule has 0 saturated heterocycles. The van der Waals surface area contributed by atoms with Gasteiger partial charge in [-0.1, -0.05) is 0 Å². The van der Waals surface area contributed by atoms with Crippen LogP contribution in [-0.2, 0) is 13.1 Å². The topological polar surface area (TPSA) is 84.5 Å². The third-order valence-corrected chi connectivity index (χ3v) is 5.77. The number of halogens is 3. The quantitative estimate of drug-likeness (QED) is 0.741. The van der Waals surface area contributed by atoms with Gasteiger partial charge >= 0.3 is 11.9 Å². The van der Waals surface area contributed by atoms with Gasteiger partial charge in [-0.15, -0.1) is 11.3 Å². The van der Waals surface area contributed by atoms with Crippen LogP contribution < -0.4 is 11.2 Å². The Kier molecular flexibility index (Phi) is 6.71. The van der Waals surface area contributed by atoms with E-state index in [1.54, 1.807) is 20.8 Å². The number of amides is 1. The number of nitrogens with zero attached hydrogens (tertiary/aromatic N) is 3. The highest BCUT2D eigenvalue weighted by Gasteiger charge is 2.29. The first-order valence-corrected chi connectivity index (χ1v) is 9.62. The lowest BCUT2D eigenvalue weighted by molar-refractivity contribution is -0.136. The van der Waals surface area contributed by atoms with Crippen LogP contribution in [0.3, 0.4) is 0 Å². The van der Waals surface area contributed by atoms with Crippen molar-refractivity contribution < 1.29 is 23.1 Å². The maximum atomic E-state index is 12.8. The predicted octanol–water partition coefficient (Wildman–Crippen LogP) is 1.96. The zero-order valence-corrected chi connectivity index (χ0v) is 16.6. The van der Waals surface area contributed by atoms with Crippen LogP contribution >= 0.6 is 11.3 Å². The molecule has 0 radical (unpaired) electrons. The van der Waals surface area contributed by atoms with E-state index in [4.69, 9.17) is 5.11 Å². The van der Waals surface area contributed by atoms with E-state index in [1.807, 2.05) is 0 Å². The van der Waals surface area contributed by atoms with Crippen molar-refractivity contribution in [3.8, 4) is 0 Å². The lowest BCUT2D eigenvalue weighted by Crippen LogP contribution is -2.39. The fourth-order valence-electron chi connectivity index (χ4n) is 2.98. The van der Waals surface area contributed by atoms with Gasteiger partial charge in [0.15, 0.2) is 0 Å². The molecule has 0 unspecified atom stereocenters. The van der Waals surface area contributed by atoms with Crippen LogP contribution in [0.2, 0.25) is 0 Å². The van der Waals surface area contributed by atoms with E-state index in [9.17, 15) is 27.6 Å². The average molecular weight is 421 g/mol. The van der Waals surface area contributed by atoms with E-state index in [2.05, 4.69) is 0 Å². The molecular weight excluding hydrogens is 399 g/mol. The molecule has 156 valence electrons. The van der Waals surface area contributed by atoms with Gasteiger partial charge in [-0.3, -0.25) is 18.7 Å². The van der Waals surface area contributed by atoms with Crippen LogP contribution in [0, 0.1) is 6.92 Å². The number of alkyl halides is 3. The number of hydrogen-bond acceptors (Lipinski definition) is 5. The average Bonchev–Trinajstić information content (AvgIpc) is 2.95. The Hall–Kier alpha value is -2.14. The molecule has 1 N–H and O–H groups in total. The zero-order valence-electron chi connectivity index (χ0n) is 15.8. The SMILES string of the molecule is CCN(CCO)C(=O)c1sc2c(c1C)c(=O)n(CC)c(=O)n2CCC(F)(F)F. The van der Waals surface area contributed by atoms with E-state index in [-0.39, 0.29) is 34.8 Å². The number of aromatic nitrogens is 2. The normalized spacial score (nSPS) is 12.0. The lowest BCUT2D eigenvalue weighted by atomic mass is 10.2. The second-order valence-corrected chi connectivity index (χ2v) is 7.19. The summed E-state index contributed by atoms with van der Waals surface area (Å²) in [6.45, 7) is 4.33. The lowest BCUT2D eigenvalue weighted by Gasteiger charge is -2.19. The summed E-state index contributed by atoms with van der Waals surface area (Å²) in [5, 5.41) is 9.20. The Morgan fingerprint density at radius 3 is 2.36 bits per heavy atom. The number of aliphatic hydroxyl groups excluding tert-OH is 1. The third-order valence-electron chi connectivity index (χ3n) is 4.46. The molecule has 2 rings (SSSR count). The number of thiophene rings is 1. The number of likely N-dealkylation sites (N-methyl/N-ethyl adjacent to an activating group) is 1. The van der Waals surface area contributed by atoms with Crippen molar-refractivity contribution in [3.05, 3.63) is 31.3 Å². The molecule has 0 bridgehead atoms. The number of hydrogen-bond donors (Lipinski definition) is 1. The Bertz CT molecular complexity index is 991. The fourth-order valence-corrected chi connectivity index (χ4v) is 4.27. The highest BCUT2D eigenvalue weighted by molar-refractivity contribution is 7.20. The van der Waals surface area contributed by atoms with Gasteiger partial charge < -0.3 is 10.0 Å². The highest BCUT2D eigenvalue weighted by atomic mass is 32.1. The van der Waals surface area contributed by atoms with Crippen molar-refractivity contribution in [2.24, 2.45) is 0 Å². The zero-order chi connectivity index (χ0) is 21.2. The minimum atomic E-state index is -4.47. The van der Waals surface area contributed by atoms with Crippen molar-refractivity contribution in [3.63, 3.8) is 0 Å². The Morgan fingerprint density at radius 2 is 1.86 bits per heavy atom. The summed E-state index contributed by atoms with van der Waals surface area (Å²) in [5.41, 5.74) is -1.12. The molecule has 0 aliphatic heterocycles. The Labute approximate surface area is 162 Å². The van der Waals surface area contributed by atoms with Crippen molar-refractivity contribution >= 4 is 27.5 Å². The molecule has 0 aromatic carbocycles. The molecule has 0 atom stereocenters. The third kappa shape index (κ3) is 4.14. The van der Waals surface area contributed by atoms with Gasteiger partial charge in [0.1, 0.15) is 4.83 Å². The first kappa shape index (κ1) is 22.2. The molecule has 0 aliphatic carbocycles. The van der Waals surface area contributed by atoms with Gasteiger partial charge in [0.25, 0.3) is 11.5 Å². The molecule has 0 fully saturated rings. The molecule has 0 saturated carbocycles. The summed E-state index contributed by atoms with van der Waals surface area (Å²) < 4.78 is 40.0. The van der Waals surface area contributed by atoms with Gasteiger partial charge in [-0.25, -0.2) is 4.79 Å². The fraction of sp³-hybridized carbons (Fsp3) is 0.588. The van der Waals surface area contributed by atoms with Gasteiger partial charge in [-0.05, 0) is 26.3 Å². The minimum absolute atomic E-state index is 0.00376. The van der Waals surface area contributed by atoms with Crippen LogP contribution in [-0.4, -0.2) is 50.9 Å². The van der Waals surface area contributed by atoms with Crippen LogP contribution in [0.25, 0.3) is 10.2 Å². The number of aliphatic hydroxyl groups is 1. The first-order chi connectivity index (χ1) is 13.1. The van der Waals surface area contributed by atoms with Gasteiger partial charge in [0, 0.05) is 26.2 Å². The smallest absolute Gasteiger partial charge is 0.390 e. The molecule has 2 aromatic rings. The van der Waals surface area contributed by atoms with Gasteiger partial charge in [0.2, 0.25) is 0 Å². The van der Waals surface area contributed by atoms with E-state index < -0.39 is 36.3 Å². The Morgan fingerprint density at radius 1 is 1.21 bits per heavy atom. The van der Waals surface area contributed by atoms with E-state index in [1.165, 1.54) is 4.90 Å². The summed E-state index contributed by atoms with van der Waals surface area (Å²) in [5.74, 6) is -0.437. The molecule has 28 heavy (non-hydrogen) atoms. The highest BCUT2D eigenvalue weighted by Crippen LogP contribution is 2.30. The van der Waals surface area contributed by atoms with Crippen molar-refractivity contribution in [1.82, 2.24) is 14.0 Å². The van der Waals surface area contributed by atoms with E-state index in [0.29, 0.717) is 12.1 Å².